The van der Waals surface area contributed by atoms with Crippen molar-refractivity contribution in [2.45, 2.75) is 24.6 Å². The van der Waals surface area contributed by atoms with Gasteiger partial charge in [0.15, 0.2) is 10.5 Å². The first-order valence-electron chi connectivity index (χ1n) is 6.27. The Balaban J connectivity index is 2.23. The van der Waals surface area contributed by atoms with E-state index >= 15 is 0 Å². The summed E-state index contributed by atoms with van der Waals surface area (Å²) < 4.78 is 1.86. The average Bonchev–Trinajstić information content (AvgIpc) is 3.02. The zero-order valence-electron chi connectivity index (χ0n) is 10.6. The third-order valence-electron chi connectivity index (χ3n) is 3.77. The zero-order valence-corrected chi connectivity index (χ0v) is 11.4. The van der Waals surface area contributed by atoms with Gasteiger partial charge in [0, 0.05) is 5.92 Å². The molecule has 0 radical (unpaired) electrons. The molecule has 0 spiro atoms. The van der Waals surface area contributed by atoms with Crippen LogP contribution in [-0.4, -0.2) is 31.2 Å². The molecule has 2 atom stereocenters. The fourth-order valence-corrected chi connectivity index (χ4v) is 4.49. The molecule has 2 aromatic rings. The number of fused-ring (bicyclic) bond motifs is 1. The number of rotatable bonds is 3. The molecule has 7 heteroatoms. The van der Waals surface area contributed by atoms with E-state index in [1.807, 2.05) is 4.57 Å². The van der Waals surface area contributed by atoms with E-state index in [1.165, 1.54) is 6.33 Å². The molecule has 0 aromatic carbocycles. The van der Waals surface area contributed by atoms with Crippen LogP contribution in [-0.2, 0) is 9.67 Å². The lowest BCUT2D eigenvalue weighted by atomic mass is 9.93. The summed E-state index contributed by atoms with van der Waals surface area (Å²) >= 11 is 1.60. The maximum Gasteiger partial charge on any atom is 0.254 e. The molecule has 19 heavy (non-hydrogen) atoms. The van der Waals surface area contributed by atoms with Crippen LogP contribution in [0.5, 0.6) is 0 Å². The van der Waals surface area contributed by atoms with Crippen LogP contribution in [0.15, 0.2) is 18.9 Å². The summed E-state index contributed by atoms with van der Waals surface area (Å²) in [7, 11) is 0. The number of nitrogens with two attached hydrogens (primary N) is 1. The van der Waals surface area contributed by atoms with Crippen LogP contribution in [0.1, 0.15) is 19.8 Å². The van der Waals surface area contributed by atoms with Gasteiger partial charge >= 0.3 is 0 Å². The Bertz CT molecular complexity index is 627. The molecule has 1 amide bonds. The number of amides is 1. The van der Waals surface area contributed by atoms with Crippen molar-refractivity contribution in [2.24, 2.45) is 11.7 Å². The largest absolute Gasteiger partial charge is 0.367 e. The van der Waals surface area contributed by atoms with Crippen molar-refractivity contribution in [1.29, 1.82) is 0 Å². The molecule has 2 unspecified atom stereocenters. The molecule has 0 bridgehead atoms. The van der Waals surface area contributed by atoms with Gasteiger partial charge in [0.1, 0.15) is 11.8 Å². The number of aromatic nitrogens is 4. The minimum Gasteiger partial charge on any atom is -0.367 e. The van der Waals surface area contributed by atoms with E-state index in [9.17, 15) is 4.79 Å². The van der Waals surface area contributed by atoms with Crippen molar-refractivity contribution in [3.63, 3.8) is 0 Å². The fourth-order valence-electron chi connectivity index (χ4n) is 2.83. The first-order valence-corrected chi connectivity index (χ1v) is 7.26. The molecule has 3 heterocycles. The SMILES string of the molecule is CCC1CCSC1(C(N)=O)n1cnc2ncncc21. The van der Waals surface area contributed by atoms with Crippen molar-refractivity contribution in [1.82, 2.24) is 19.5 Å². The molecular formula is C12H15N5OS. The van der Waals surface area contributed by atoms with E-state index in [0.717, 1.165) is 24.1 Å². The molecule has 2 N–H and O–H groups in total. The summed E-state index contributed by atoms with van der Waals surface area (Å²) in [5, 5.41) is 0. The van der Waals surface area contributed by atoms with Crippen molar-refractivity contribution < 1.29 is 4.79 Å². The van der Waals surface area contributed by atoms with Gasteiger partial charge in [-0.25, -0.2) is 15.0 Å². The monoisotopic (exact) mass is 277 g/mol. The molecule has 6 nitrogen and oxygen atoms in total. The van der Waals surface area contributed by atoms with Crippen molar-refractivity contribution in [3.8, 4) is 0 Å². The quantitative estimate of drug-likeness (QED) is 0.908. The van der Waals surface area contributed by atoms with E-state index in [2.05, 4.69) is 21.9 Å². The van der Waals surface area contributed by atoms with Gasteiger partial charge in [-0.1, -0.05) is 6.92 Å². The van der Waals surface area contributed by atoms with Crippen molar-refractivity contribution in [3.05, 3.63) is 18.9 Å². The number of imidazole rings is 1. The Morgan fingerprint density at radius 2 is 2.47 bits per heavy atom. The van der Waals surface area contributed by atoms with Gasteiger partial charge in [-0.05, 0) is 18.6 Å². The number of hydrogen-bond acceptors (Lipinski definition) is 5. The third-order valence-corrected chi connectivity index (χ3v) is 5.38. The summed E-state index contributed by atoms with van der Waals surface area (Å²) in [6.07, 6.45) is 6.69. The van der Waals surface area contributed by atoms with Gasteiger partial charge in [-0.15, -0.1) is 11.8 Å². The minimum atomic E-state index is -0.756. The second kappa shape index (κ2) is 4.48. The van der Waals surface area contributed by atoms with E-state index < -0.39 is 4.87 Å². The number of carbonyl (C=O) groups excluding carboxylic acids is 1. The second-order valence-electron chi connectivity index (χ2n) is 4.65. The van der Waals surface area contributed by atoms with Gasteiger partial charge in [-0.3, -0.25) is 4.79 Å². The number of carbonyl (C=O) groups is 1. The normalized spacial score (nSPS) is 26.9. The van der Waals surface area contributed by atoms with Crippen LogP contribution >= 0.6 is 11.8 Å². The van der Waals surface area contributed by atoms with Gasteiger partial charge < -0.3 is 10.3 Å². The highest BCUT2D eigenvalue weighted by Crippen LogP contribution is 2.49. The Labute approximate surface area is 114 Å². The van der Waals surface area contributed by atoms with E-state index in [4.69, 9.17) is 5.73 Å². The summed E-state index contributed by atoms with van der Waals surface area (Å²) in [6, 6.07) is 0. The zero-order chi connectivity index (χ0) is 13.5. The third kappa shape index (κ3) is 1.64. The molecule has 100 valence electrons. The van der Waals surface area contributed by atoms with Gasteiger partial charge in [0.25, 0.3) is 5.91 Å². The number of thioether (sulfide) groups is 1. The molecule has 1 saturated heterocycles. The van der Waals surface area contributed by atoms with Gasteiger partial charge in [0.2, 0.25) is 0 Å². The van der Waals surface area contributed by atoms with Crippen molar-refractivity contribution in [2.75, 3.05) is 5.75 Å². The Morgan fingerprint density at radius 1 is 1.63 bits per heavy atom. The van der Waals surface area contributed by atoms with Crippen LogP contribution in [0.2, 0.25) is 0 Å². The van der Waals surface area contributed by atoms with E-state index in [1.54, 1.807) is 24.3 Å². The lowest BCUT2D eigenvalue weighted by Gasteiger charge is -2.32. The predicted octanol–water partition coefficient (Wildman–Crippen LogP) is 1.13. The highest BCUT2D eigenvalue weighted by molar-refractivity contribution is 8.01. The molecule has 2 aromatic heterocycles. The van der Waals surface area contributed by atoms with Gasteiger partial charge in [-0.2, -0.15) is 0 Å². The molecule has 1 aliphatic heterocycles. The molecule has 0 aliphatic carbocycles. The lowest BCUT2D eigenvalue weighted by Crippen LogP contribution is -2.46. The predicted molar refractivity (Wildman–Crippen MR) is 73.3 cm³/mol. The summed E-state index contributed by atoms with van der Waals surface area (Å²) in [4.78, 5) is 23.8. The highest BCUT2D eigenvalue weighted by atomic mass is 32.2. The summed E-state index contributed by atoms with van der Waals surface area (Å²) in [6.45, 7) is 2.09. The lowest BCUT2D eigenvalue weighted by molar-refractivity contribution is -0.124. The highest BCUT2D eigenvalue weighted by Gasteiger charge is 2.50. The van der Waals surface area contributed by atoms with Crippen molar-refractivity contribution >= 4 is 28.8 Å². The Morgan fingerprint density at radius 3 is 3.21 bits per heavy atom. The van der Waals surface area contributed by atoms with Crippen LogP contribution in [0.25, 0.3) is 11.2 Å². The first kappa shape index (κ1) is 12.4. The number of primary amides is 1. The topological polar surface area (TPSA) is 86.7 Å². The van der Waals surface area contributed by atoms with E-state index in [0.29, 0.717) is 5.65 Å². The van der Waals surface area contributed by atoms with Gasteiger partial charge in [0.05, 0.1) is 12.5 Å². The maximum atomic E-state index is 12.1. The van der Waals surface area contributed by atoms with Crippen LogP contribution < -0.4 is 5.73 Å². The Hall–Kier alpha value is -1.63. The number of nitrogens with zero attached hydrogens (tertiary/aromatic N) is 4. The summed E-state index contributed by atoms with van der Waals surface area (Å²) in [5.41, 5.74) is 7.09. The molecular weight excluding hydrogens is 262 g/mol. The second-order valence-corrected chi connectivity index (χ2v) is 5.97. The smallest absolute Gasteiger partial charge is 0.254 e. The molecule has 1 fully saturated rings. The number of hydrogen-bond donors (Lipinski definition) is 1. The van der Waals surface area contributed by atoms with Crippen LogP contribution in [0, 0.1) is 5.92 Å². The standard InChI is InChI=1S/C12H15N5OS/c1-2-8-3-4-19-12(8,11(13)18)17-7-16-10-9(17)5-14-6-15-10/h5-8H,2-4H2,1H3,(H2,13,18). The average molecular weight is 277 g/mol. The molecule has 3 rings (SSSR count). The molecule has 1 aliphatic rings. The minimum absolute atomic E-state index is 0.215. The fraction of sp³-hybridized carbons (Fsp3) is 0.500. The van der Waals surface area contributed by atoms with Crippen LogP contribution in [0.3, 0.4) is 0 Å². The van der Waals surface area contributed by atoms with Crippen LogP contribution in [0.4, 0.5) is 0 Å². The molecule has 0 saturated carbocycles. The summed E-state index contributed by atoms with van der Waals surface area (Å²) in [5.74, 6) is 0.826. The van der Waals surface area contributed by atoms with E-state index in [-0.39, 0.29) is 11.8 Å². The Kier molecular flexibility index (Phi) is 2.93. The first-order chi connectivity index (χ1) is 9.20. The maximum absolute atomic E-state index is 12.1.